The molecule has 0 atom stereocenters. The average Bonchev–Trinajstić information content (AvgIpc) is 2.23. The number of hydrogen-bond donors (Lipinski definition) is 3. The Bertz CT molecular complexity index is 338. The zero-order valence-electron chi connectivity index (χ0n) is 9.94. The van der Waals surface area contributed by atoms with Crippen LogP contribution in [0, 0.1) is 10.1 Å². The maximum Gasteiger partial charge on any atom is 0.332 e. The Morgan fingerprint density at radius 3 is 2.59 bits per heavy atom. The zero-order valence-corrected chi connectivity index (χ0v) is 9.94. The predicted molar refractivity (Wildman–Crippen MR) is 60.8 cm³/mol. The summed E-state index contributed by atoms with van der Waals surface area (Å²) in [6.07, 6.45) is 1.99. The second-order valence-electron chi connectivity index (χ2n) is 2.91. The first-order valence-electron chi connectivity index (χ1n) is 4.89. The average molecular weight is 244 g/mol. The van der Waals surface area contributed by atoms with Gasteiger partial charge in [0.2, 0.25) is 0 Å². The number of nitrogens with one attached hydrogen (secondary N) is 3. The van der Waals surface area contributed by atoms with Gasteiger partial charge in [0.1, 0.15) is 0 Å². The molecule has 0 aliphatic heterocycles. The lowest BCUT2D eigenvalue weighted by molar-refractivity contribution is -0.404. The van der Waals surface area contributed by atoms with Crippen LogP contribution in [-0.2, 0) is 9.53 Å². The van der Waals surface area contributed by atoms with Gasteiger partial charge in [0, 0.05) is 18.8 Å². The van der Waals surface area contributed by atoms with E-state index >= 15 is 0 Å². The highest BCUT2D eigenvalue weighted by atomic mass is 16.6. The SMILES string of the molecule is CCOC(=O)C=C(C)NN/C(=C/[N+](=O)[O-])NC. The monoisotopic (exact) mass is 244 g/mol. The molecule has 0 fully saturated rings. The molecule has 0 rings (SSSR count). The van der Waals surface area contributed by atoms with E-state index in [0.29, 0.717) is 12.3 Å². The summed E-state index contributed by atoms with van der Waals surface area (Å²) in [4.78, 5) is 20.6. The first kappa shape index (κ1) is 14.8. The molecule has 0 aromatic heterocycles. The van der Waals surface area contributed by atoms with Gasteiger partial charge in [0.15, 0.2) is 5.82 Å². The molecule has 0 saturated heterocycles. The molecule has 0 unspecified atom stereocenters. The number of hydrazine groups is 1. The largest absolute Gasteiger partial charge is 0.463 e. The molecule has 8 nitrogen and oxygen atoms in total. The van der Waals surface area contributed by atoms with E-state index < -0.39 is 10.9 Å². The molecule has 0 aromatic carbocycles. The number of nitrogens with zero attached hydrogens (tertiary/aromatic N) is 1. The van der Waals surface area contributed by atoms with Crippen molar-refractivity contribution in [3.63, 3.8) is 0 Å². The van der Waals surface area contributed by atoms with Gasteiger partial charge >= 0.3 is 5.97 Å². The van der Waals surface area contributed by atoms with E-state index in [4.69, 9.17) is 0 Å². The van der Waals surface area contributed by atoms with E-state index in [2.05, 4.69) is 20.9 Å². The van der Waals surface area contributed by atoms with Gasteiger partial charge in [0.05, 0.1) is 11.5 Å². The van der Waals surface area contributed by atoms with Gasteiger partial charge in [-0.25, -0.2) is 4.79 Å². The van der Waals surface area contributed by atoms with Crippen molar-refractivity contribution in [2.45, 2.75) is 13.8 Å². The highest BCUT2D eigenvalue weighted by Crippen LogP contribution is 1.89. The first-order chi connectivity index (χ1) is 7.99. The van der Waals surface area contributed by atoms with E-state index in [0.717, 1.165) is 6.20 Å². The molecule has 96 valence electrons. The summed E-state index contributed by atoms with van der Waals surface area (Å²) < 4.78 is 4.69. The molecule has 0 bridgehead atoms. The van der Waals surface area contributed by atoms with Crippen molar-refractivity contribution in [1.82, 2.24) is 16.2 Å². The number of carbonyl (C=O) groups is 1. The van der Waals surface area contributed by atoms with Crippen LogP contribution in [0.2, 0.25) is 0 Å². The van der Waals surface area contributed by atoms with E-state index in [1.807, 2.05) is 0 Å². The minimum absolute atomic E-state index is 0.159. The fourth-order valence-electron chi connectivity index (χ4n) is 0.827. The summed E-state index contributed by atoms with van der Waals surface area (Å²) in [5, 5.41) is 12.8. The van der Waals surface area contributed by atoms with Gasteiger partial charge in [0.25, 0.3) is 6.20 Å². The van der Waals surface area contributed by atoms with Crippen molar-refractivity contribution in [2.24, 2.45) is 0 Å². The smallest absolute Gasteiger partial charge is 0.332 e. The fraction of sp³-hybridized carbons (Fsp3) is 0.444. The summed E-state index contributed by atoms with van der Waals surface area (Å²) in [6, 6.07) is 0. The number of allylic oxidation sites excluding steroid dienone is 1. The maximum absolute atomic E-state index is 11.0. The van der Waals surface area contributed by atoms with Crippen molar-refractivity contribution in [3.05, 3.63) is 33.9 Å². The van der Waals surface area contributed by atoms with Crippen molar-refractivity contribution in [1.29, 1.82) is 0 Å². The molecule has 8 heteroatoms. The Balaban J connectivity index is 4.26. The molecule has 17 heavy (non-hydrogen) atoms. The molecular weight excluding hydrogens is 228 g/mol. The Morgan fingerprint density at radius 2 is 2.12 bits per heavy atom. The second-order valence-corrected chi connectivity index (χ2v) is 2.91. The van der Waals surface area contributed by atoms with Crippen LogP contribution in [0.15, 0.2) is 23.8 Å². The lowest BCUT2D eigenvalue weighted by Gasteiger charge is -2.10. The predicted octanol–water partition coefficient (Wildman–Crippen LogP) is -0.157. The summed E-state index contributed by atoms with van der Waals surface area (Å²) in [7, 11) is 1.52. The molecule has 3 N–H and O–H groups in total. The van der Waals surface area contributed by atoms with Gasteiger partial charge in [-0.05, 0) is 13.8 Å². The normalized spacial score (nSPS) is 11.7. The third-order valence-electron chi connectivity index (χ3n) is 1.52. The van der Waals surface area contributed by atoms with Crippen LogP contribution in [0.5, 0.6) is 0 Å². The minimum atomic E-state index is -0.606. The van der Waals surface area contributed by atoms with Crippen LogP contribution in [0.3, 0.4) is 0 Å². The Hall–Kier alpha value is -2.25. The maximum atomic E-state index is 11.0. The zero-order chi connectivity index (χ0) is 13.3. The lowest BCUT2D eigenvalue weighted by Crippen LogP contribution is -2.35. The standard InChI is InChI=1S/C9H16N4O4/c1-4-17-9(14)5-7(2)11-12-8(10-3)6-13(15)16/h5-6,10-12H,4H2,1-3H3/b7-5?,8-6+. The van der Waals surface area contributed by atoms with E-state index in [9.17, 15) is 14.9 Å². The molecule has 0 saturated carbocycles. The van der Waals surface area contributed by atoms with E-state index in [1.54, 1.807) is 13.8 Å². The molecular formula is C9H16N4O4. The Labute approximate surface area is 98.8 Å². The molecule has 0 amide bonds. The molecule has 0 aliphatic carbocycles. The molecule has 0 radical (unpaired) electrons. The van der Waals surface area contributed by atoms with Crippen LogP contribution in [0.4, 0.5) is 0 Å². The van der Waals surface area contributed by atoms with Gasteiger partial charge in [-0.15, -0.1) is 0 Å². The Morgan fingerprint density at radius 1 is 1.47 bits per heavy atom. The topological polar surface area (TPSA) is 106 Å². The molecule has 0 heterocycles. The summed E-state index contributed by atoms with van der Waals surface area (Å²) in [6.45, 7) is 3.61. The van der Waals surface area contributed by atoms with Crippen LogP contribution in [0.1, 0.15) is 13.8 Å². The van der Waals surface area contributed by atoms with Crippen molar-refractivity contribution >= 4 is 5.97 Å². The Kier molecular flexibility index (Phi) is 6.91. The van der Waals surface area contributed by atoms with Gasteiger partial charge < -0.3 is 15.5 Å². The van der Waals surface area contributed by atoms with Crippen LogP contribution < -0.4 is 16.2 Å². The van der Waals surface area contributed by atoms with Crippen LogP contribution in [-0.4, -0.2) is 24.5 Å². The van der Waals surface area contributed by atoms with Crippen molar-refractivity contribution < 1.29 is 14.5 Å². The molecule has 0 spiro atoms. The second kappa shape index (κ2) is 7.97. The van der Waals surface area contributed by atoms with Crippen molar-refractivity contribution in [2.75, 3.05) is 13.7 Å². The summed E-state index contributed by atoms with van der Waals surface area (Å²) >= 11 is 0. The van der Waals surface area contributed by atoms with Gasteiger partial charge in [-0.2, -0.15) is 0 Å². The number of ether oxygens (including phenoxy) is 1. The number of hydrogen-bond acceptors (Lipinski definition) is 7. The number of esters is 1. The molecule has 0 aliphatic rings. The summed E-state index contributed by atoms with van der Waals surface area (Å²) in [5.74, 6) is -0.324. The van der Waals surface area contributed by atoms with E-state index in [-0.39, 0.29) is 5.82 Å². The van der Waals surface area contributed by atoms with Crippen LogP contribution in [0.25, 0.3) is 0 Å². The van der Waals surface area contributed by atoms with E-state index in [1.165, 1.54) is 13.1 Å². The highest BCUT2D eigenvalue weighted by molar-refractivity contribution is 5.82. The number of nitro groups is 1. The quantitative estimate of drug-likeness (QED) is 0.247. The number of carbonyl (C=O) groups excluding carboxylic acids is 1. The summed E-state index contributed by atoms with van der Waals surface area (Å²) in [5.41, 5.74) is 5.60. The van der Waals surface area contributed by atoms with Gasteiger partial charge in [-0.3, -0.25) is 15.5 Å². The minimum Gasteiger partial charge on any atom is -0.463 e. The molecule has 0 aromatic rings. The van der Waals surface area contributed by atoms with Gasteiger partial charge in [-0.1, -0.05) is 0 Å². The highest BCUT2D eigenvalue weighted by Gasteiger charge is 2.01. The third kappa shape index (κ3) is 7.65. The fourth-order valence-corrected chi connectivity index (χ4v) is 0.827. The number of rotatable bonds is 7. The lowest BCUT2D eigenvalue weighted by atomic mass is 10.4. The first-order valence-corrected chi connectivity index (χ1v) is 4.89. The van der Waals surface area contributed by atoms with Crippen molar-refractivity contribution in [3.8, 4) is 0 Å². The van der Waals surface area contributed by atoms with Crippen LogP contribution >= 0.6 is 0 Å². The third-order valence-corrected chi connectivity index (χ3v) is 1.52.